The van der Waals surface area contributed by atoms with Gasteiger partial charge in [0, 0.05) is 54.6 Å². The van der Waals surface area contributed by atoms with Gasteiger partial charge >= 0.3 is 0 Å². The van der Waals surface area contributed by atoms with Crippen LogP contribution >= 0.6 is 0 Å². The predicted octanol–water partition coefficient (Wildman–Crippen LogP) is 15.0. The van der Waals surface area contributed by atoms with Crippen molar-refractivity contribution in [2.75, 3.05) is 0 Å². The Morgan fingerprint density at radius 3 is 1.56 bits per heavy atom. The maximum absolute atomic E-state index is 6.96. The number of para-hydroxylation sites is 6. The van der Waals surface area contributed by atoms with Gasteiger partial charge in [0.2, 0.25) is 0 Å². The van der Waals surface area contributed by atoms with Crippen molar-refractivity contribution in [1.82, 2.24) is 23.7 Å². The Kier molecular flexibility index (Phi) is 7.30. The summed E-state index contributed by atoms with van der Waals surface area (Å²) in [5, 5.41) is 8.23. The van der Waals surface area contributed by atoms with Gasteiger partial charge in [-0.1, -0.05) is 127 Å². The largest absolute Gasteiger partial charge is 0.450 e. The minimum absolute atomic E-state index is 0.663. The molecule has 6 nitrogen and oxygen atoms in total. The first kappa shape index (κ1) is 34.9. The normalized spacial score (nSPS) is 12.1. The van der Waals surface area contributed by atoms with Gasteiger partial charge in [-0.05, 0) is 90.0 Å². The summed E-state index contributed by atoms with van der Waals surface area (Å²) in [7, 11) is 0. The first-order chi connectivity index (χ1) is 31.8. The molecule has 0 aliphatic rings. The monoisotopic (exact) mass is 817 g/mol. The van der Waals surface area contributed by atoms with Gasteiger partial charge in [0.1, 0.15) is 17.5 Å². The molecule has 0 amide bonds. The van der Waals surface area contributed by atoms with Crippen LogP contribution in [0.3, 0.4) is 0 Å². The Balaban J connectivity index is 0.931. The molecule has 0 fully saturated rings. The molecule has 0 atom stereocenters. The summed E-state index contributed by atoms with van der Waals surface area (Å²) in [4.78, 5) is 9.74. The van der Waals surface area contributed by atoms with Crippen molar-refractivity contribution in [3.8, 4) is 39.4 Å². The number of aromatic nitrogens is 5. The number of furan rings is 1. The maximum atomic E-state index is 6.96. The molecule has 14 aromatic rings. The Bertz CT molecular complexity index is 4150. The molecule has 64 heavy (non-hydrogen) atoms. The first-order valence-corrected chi connectivity index (χ1v) is 21.6. The molecule has 298 valence electrons. The summed E-state index contributed by atoms with van der Waals surface area (Å²) in [6.07, 6.45) is 1.66. The van der Waals surface area contributed by atoms with Crippen LogP contribution in [0.2, 0.25) is 0 Å². The van der Waals surface area contributed by atoms with Crippen molar-refractivity contribution in [3.63, 3.8) is 0 Å². The van der Waals surface area contributed by atoms with Crippen LogP contribution in [0.4, 0.5) is 0 Å². The lowest BCUT2D eigenvalue weighted by Gasteiger charge is -2.11. The Morgan fingerprint density at radius 2 is 0.844 bits per heavy atom. The fraction of sp³-hybridized carbons (Fsp3) is 0. The number of hydrogen-bond donors (Lipinski definition) is 0. The van der Waals surface area contributed by atoms with Gasteiger partial charge in [0.05, 0.1) is 38.8 Å². The SMILES string of the molecule is c1ccc(-n2c3ccccc3c3cc(-c4ccc5c6ccccc6n(-c6cccc(-c7ncnc8c7oc7c(-n9c%10ccccc%10c%10ccccc%109)cccc78)c6)c5c4)ccc32)cc1. The van der Waals surface area contributed by atoms with Gasteiger partial charge in [0.25, 0.3) is 0 Å². The minimum Gasteiger partial charge on any atom is -0.450 e. The lowest BCUT2D eigenvalue weighted by molar-refractivity contribution is 0.664. The van der Waals surface area contributed by atoms with Gasteiger partial charge in [-0.25, -0.2) is 9.97 Å². The van der Waals surface area contributed by atoms with Crippen LogP contribution in [-0.2, 0) is 0 Å². The van der Waals surface area contributed by atoms with Gasteiger partial charge in [0.15, 0.2) is 11.2 Å². The van der Waals surface area contributed by atoms with Gasteiger partial charge in [-0.15, -0.1) is 0 Å². The van der Waals surface area contributed by atoms with E-state index in [9.17, 15) is 0 Å². The minimum atomic E-state index is 0.663. The van der Waals surface area contributed by atoms with Crippen molar-refractivity contribution in [2.24, 2.45) is 0 Å². The summed E-state index contributed by atoms with van der Waals surface area (Å²) >= 11 is 0. The van der Waals surface area contributed by atoms with E-state index < -0.39 is 0 Å². The second kappa shape index (κ2) is 13.4. The molecule has 5 heterocycles. The number of fused-ring (bicyclic) bond motifs is 12. The van der Waals surface area contributed by atoms with Crippen molar-refractivity contribution >= 4 is 87.5 Å². The average molecular weight is 818 g/mol. The van der Waals surface area contributed by atoms with Gasteiger partial charge in [-0.3, -0.25) is 0 Å². The fourth-order valence-electron chi connectivity index (χ4n) is 10.4. The van der Waals surface area contributed by atoms with Gasteiger partial charge < -0.3 is 18.1 Å². The molecule has 0 saturated heterocycles. The highest BCUT2D eigenvalue weighted by atomic mass is 16.3. The molecule has 0 aliphatic carbocycles. The zero-order valence-corrected chi connectivity index (χ0v) is 34.4. The fourth-order valence-corrected chi connectivity index (χ4v) is 10.4. The zero-order valence-electron chi connectivity index (χ0n) is 34.4. The van der Waals surface area contributed by atoms with Crippen molar-refractivity contribution in [1.29, 1.82) is 0 Å². The predicted molar refractivity (Wildman–Crippen MR) is 263 cm³/mol. The number of benzene rings is 9. The highest BCUT2D eigenvalue weighted by molar-refractivity contribution is 6.15. The molecule has 14 rings (SSSR count). The van der Waals surface area contributed by atoms with E-state index in [1.807, 2.05) is 0 Å². The van der Waals surface area contributed by atoms with Crippen LogP contribution < -0.4 is 0 Å². The van der Waals surface area contributed by atoms with Crippen LogP contribution in [0.1, 0.15) is 0 Å². The number of nitrogens with zero attached hydrogens (tertiary/aromatic N) is 5. The highest BCUT2D eigenvalue weighted by Crippen LogP contribution is 2.42. The Hall–Kier alpha value is -8.74. The van der Waals surface area contributed by atoms with E-state index in [1.165, 1.54) is 48.9 Å². The van der Waals surface area contributed by atoms with Gasteiger partial charge in [-0.2, -0.15) is 0 Å². The van der Waals surface area contributed by atoms with E-state index in [0.717, 1.165) is 72.4 Å². The summed E-state index contributed by atoms with van der Waals surface area (Å²) in [5.74, 6) is 0. The molecule has 0 unspecified atom stereocenters. The van der Waals surface area contributed by atoms with Crippen LogP contribution in [0, 0.1) is 0 Å². The van der Waals surface area contributed by atoms with E-state index in [0.29, 0.717) is 5.58 Å². The second-order valence-electron chi connectivity index (χ2n) is 16.6. The Labute approximate surface area is 366 Å². The molecule has 0 spiro atoms. The van der Waals surface area contributed by atoms with Crippen molar-refractivity contribution < 1.29 is 4.42 Å². The molecule has 5 aromatic heterocycles. The van der Waals surface area contributed by atoms with Crippen LogP contribution in [-0.4, -0.2) is 23.7 Å². The van der Waals surface area contributed by atoms with E-state index in [4.69, 9.17) is 14.4 Å². The third-order valence-electron chi connectivity index (χ3n) is 13.2. The highest BCUT2D eigenvalue weighted by Gasteiger charge is 2.22. The molecular formula is C58H35N5O. The second-order valence-corrected chi connectivity index (χ2v) is 16.6. The van der Waals surface area contributed by atoms with Crippen LogP contribution in [0.5, 0.6) is 0 Å². The third-order valence-corrected chi connectivity index (χ3v) is 13.2. The van der Waals surface area contributed by atoms with E-state index >= 15 is 0 Å². The average Bonchev–Trinajstić information content (AvgIpc) is 4.10. The smallest absolute Gasteiger partial charge is 0.180 e. The van der Waals surface area contributed by atoms with Crippen LogP contribution in [0.25, 0.3) is 127 Å². The quantitative estimate of drug-likeness (QED) is 0.174. The summed E-state index contributed by atoms with van der Waals surface area (Å²) in [6.45, 7) is 0. The summed E-state index contributed by atoms with van der Waals surface area (Å²) < 4.78 is 14.0. The van der Waals surface area contributed by atoms with E-state index in [-0.39, 0.29) is 0 Å². The summed E-state index contributed by atoms with van der Waals surface area (Å²) in [5.41, 5.74) is 16.3. The van der Waals surface area contributed by atoms with E-state index in [2.05, 4.69) is 220 Å². The lowest BCUT2D eigenvalue weighted by atomic mass is 10.0. The molecular weight excluding hydrogens is 783 g/mol. The lowest BCUT2D eigenvalue weighted by Crippen LogP contribution is -1.95. The maximum Gasteiger partial charge on any atom is 0.180 e. The molecule has 0 N–H and O–H groups in total. The first-order valence-electron chi connectivity index (χ1n) is 21.6. The molecule has 0 aliphatic heterocycles. The Morgan fingerprint density at radius 1 is 0.312 bits per heavy atom. The van der Waals surface area contributed by atoms with Crippen molar-refractivity contribution in [2.45, 2.75) is 0 Å². The molecule has 0 saturated carbocycles. The number of rotatable bonds is 5. The summed E-state index contributed by atoms with van der Waals surface area (Å²) in [6, 6.07) is 73.9. The zero-order chi connectivity index (χ0) is 41.9. The topological polar surface area (TPSA) is 53.7 Å². The van der Waals surface area contributed by atoms with E-state index in [1.54, 1.807) is 6.33 Å². The molecule has 0 bridgehead atoms. The molecule has 9 aromatic carbocycles. The molecule has 6 heteroatoms. The van der Waals surface area contributed by atoms with Crippen molar-refractivity contribution in [3.05, 3.63) is 213 Å². The third kappa shape index (κ3) is 4.96. The number of hydrogen-bond acceptors (Lipinski definition) is 3. The van der Waals surface area contributed by atoms with Crippen LogP contribution in [0.15, 0.2) is 217 Å². The standard InChI is InChI=1S/C58H35N5O/c1-2-15-39(16-3-1)61-49-24-9-7-21-44(49)47-33-36(29-31-52(47)61)37-28-30-45-43-20-4-8-23-48(43)62(54(45)34-37)40-17-12-14-38(32-40)55-58-56(60-35-59-55)46-22-13-27-53(57(46)64-58)63-50-25-10-5-18-41(50)42-19-6-11-26-51(42)63/h1-35H. The molecule has 0 radical (unpaired) electrons.